The van der Waals surface area contributed by atoms with Crippen molar-refractivity contribution in [2.75, 3.05) is 13.7 Å². The zero-order chi connectivity index (χ0) is 25.4. The monoisotopic (exact) mass is 481 g/mol. The number of methoxy groups -OCH3 is 1. The molecule has 0 fully saturated rings. The van der Waals surface area contributed by atoms with Gasteiger partial charge < -0.3 is 23.4 Å². The molecule has 0 saturated carbocycles. The van der Waals surface area contributed by atoms with E-state index in [2.05, 4.69) is 11.9 Å². The van der Waals surface area contributed by atoms with Crippen molar-refractivity contribution in [1.82, 2.24) is 4.98 Å². The maximum atomic E-state index is 12.0. The summed E-state index contributed by atoms with van der Waals surface area (Å²) in [6.45, 7) is 10.5. The molecular formula is C28H35NO6. The molecule has 1 aromatic heterocycles. The van der Waals surface area contributed by atoms with E-state index in [9.17, 15) is 4.79 Å². The number of esters is 1. The lowest BCUT2D eigenvalue weighted by atomic mass is 9.99. The summed E-state index contributed by atoms with van der Waals surface area (Å²) in [5.41, 5.74) is 3.75. The lowest BCUT2D eigenvalue weighted by Crippen LogP contribution is -2.28. The average Bonchev–Trinajstić information content (AvgIpc) is 3.22. The Bertz CT molecular complexity index is 1100. The Hall–Kier alpha value is -3.32. The van der Waals surface area contributed by atoms with Crippen LogP contribution < -0.4 is 9.47 Å². The fraction of sp³-hybridized carbons (Fsp3) is 0.429. The van der Waals surface area contributed by atoms with Gasteiger partial charge in [-0.25, -0.2) is 9.78 Å². The van der Waals surface area contributed by atoms with Crippen LogP contribution in [-0.2, 0) is 33.7 Å². The Kier molecular flexibility index (Phi) is 9.32. The van der Waals surface area contributed by atoms with E-state index in [0.29, 0.717) is 24.7 Å². The Labute approximate surface area is 207 Å². The topological polar surface area (TPSA) is 80.0 Å². The van der Waals surface area contributed by atoms with Crippen LogP contribution in [0.3, 0.4) is 0 Å². The Morgan fingerprint density at radius 3 is 2.37 bits per heavy atom. The number of carbonyl (C=O) groups is 1. The van der Waals surface area contributed by atoms with E-state index in [4.69, 9.17) is 23.4 Å². The Morgan fingerprint density at radius 1 is 1.03 bits per heavy atom. The molecule has 0 aliphatic rings. The van der Waals surface area contributed by atoms with Gasteiger partial charge in [0.25, 0.3) is 0 Å². The van der Waals surface area contributed by atoms with Gasteiger partial charge in [-0.2, -0.15) is 0 Å². The number of aromatic nitrogens is 1. The van der Waals surface area contributed by atoms with E-state index < -0.39 is 6.10 Å². The molecule has 1 heterocycles. The van der Waals surface area contributed by atoms with E-state index in [1.165, 1.54) is 7.11 Å². The van der Waals surface area contributed by atoms with Gasteiger partial charge in [-0.3, -0.25) is 0 Å². The molecule has 0 radical (unpaired) electrons. The predicted octanol–water partition coefficient (Wildman–Crippen LogP) is 5.70. The van der Waals surface area contributed by atoms with Crippen LogP contribution in [0.15, 0.2) is 46.9 Å². The Balaban J connectivity index is 1.68. The number of ether oxygens (including phenoxy) is 4. The molecule has 0 saturated heterocycles. The third-order valence-electron chi connectivity index (χ3n) is 5.54. The summed E-state index contributed by atoms with van der Waals surface area (Å²) in [6, 6.07) is 13.6. The minimum absolute atomic E-state index is 0.120. The lowest BCUT2D eigenvalue weighted by Gasteiger charge is -2.17. The second kappa shape index (κ2) is 12.4. The van der Waals surface area contributed by atoms with Crippen LogP contribution in [0.4, 0.5) is 0 Å². The highest BCUT2D eigenvalue weighted by Gasteiger charge is 2.21. The molecular weight excluding hydrogens is 446 g/mol. The molecule has 0 unspecified atom stereocenters. The van der Waals surface area contributed by atoms with Crippen molar-refractivity contribution >= 4 is 5.97 Å². The molecule has 0 aliphatic heterocycles. The predicted molar refractivity (Wildman–Crippen MR) is 134 cm³/mol. The summed E-state index contributed by atoms with van der Waals surface area (Å²) in [4.78, 5) is 16.7. The van der Waals surface area contributed by atoms with Crippen molar-refractivity contribution in [1.29, 1.82) is 0 Å². The fourth-order valence-electron chi connectivity index (χ4n) is 3.75. The average molecular weight is 482 g/mol. The van der Waals surface area contributed by atoms with Crippen LogP contribution in [0, 0.1) is 6.92 Å². The maximum absolute atomic E-state index is 12.0. The molecule has 3 aromatic rings. The van der Waals surface area contributed by atoms with Crippen LogP contribution in [0.25, 0.3) is 11.5 Å². The van der Waals surface area contributed by atoms with Crippen LogP contribution in [0.1, 0.15) is 50.3 Å². The molecule has 3 rings (SSSR count). The zero-order valence-corrected chi connectivity index (χ0v) is 21.4. The van der Waals surface area contributed by atoms with Gasteiger partial charge >= 0.3 is 5.97 Å². The van der Waals surface area contributed by atoms with E-state index >= 15 is 0 Å². The molecule has 7 heteroatoms. The van der Waals surface area contributed by atoms with Gasteiger partial charge in [-0.1, -0.05) is 13.0 Å². The number of hydrogen-bond acceptors (Lipinski definition) is 7. The number of aryl methyl sites for hydroxylation is 2. The van der Waals surface area contributed by atoms with Crippen LogP contribution >= 0.6 is 0 Å². The van der Waals surface area contributed by atoms with E-state index in [0.717, 1.165) is 40.3 Å². The molecule has 0 amide bonds. The minimum atomic E-state index is -0.621. The number of hydrogen-bond donors (Lipinski definition) is 0. The van der Waals surface area contributed by atoms with Gasteiger partial charge in [0.1, 0.15) is 29.6 Å². The molecule has 2 aromatic carbocycles. The van der Waals surface area contributed by atoms with Crippen LogP contribution in [0.5, 0.6) is 11.5 Å². The van der Waals surface area contributed by atoms with Gasteiger partial charge in [-0.15, -0.1) is 0 Å². The maximum Gasteiger partial charge on any atom is 0.335 e. The summed E-state index contributed by atoms with van der Waals surface area (Å²) in [5.74, 6) is 2.44. The summed E-state index contributed by atoms with van der Waals surface area (Å²) < 4.78 is 28.1. The Morgan fingerprint density at radius 2 is 1.74 bits per heavy atom. The molecule has 7 nitrogen and oxygen atoms in total. The summed E-state index contributed by atoms with van der Waals surface area (Å²) in [7, 11) is 1.37. The second-order valence-electron chi connectivity index (χ2n) is 8.46. The highest BCUT2D eigenvalue weighted by Crippen LogP contribution is 2.26. The summed E-state index contributed by atoms with van der Waals surface area (Å²) in [6.07, 6.45) is 0.756. The lowest BCUT2D eigenvalue weighted by molar-refractivity contribution is -0.153. The van der Waals surface area contributed by atoms with Crippen molar-refractivity contribution in [2.24, 2.45) is 0 Å². The molecule has 1 atom stereocenters. The fourth-order valence-corrected chi connectivity index (χ4v) is 3.75. The normalized spacial score (nSPS) is 12.0. The third kappa shape index (κ3) is 7.09. The third-order valence-corrected chi connectivity index (χ3v) is 5.54. The van der Waals surface area contributed by atoms with Gasteiger partial charge in [-0.05, 0) is 81.6 Å². The van der Waals surface area contributed by atoms with Crippen LogP contribution in [-0.4, -0.2) is 36.9 Å². The molecule has 0 N–H and O–H groups in total. The van der Waals surface area contributed by atoms with Gasteiger partial charge in [0.2, 0.25) is 5.89 Å². The van der Waals surface area contributed by atoms with E-state index in [1.807, 2.05) is 70.2 Å². The molecule has 0 spiro atoms. The largest absolute Gasteiger partial charge is 0.491 e. The first-order valence-corrected chi connectivity index (χ1v) is 12.0. The number of nitrogens with zero attached hydrogens (tertiary/aromatic N) is 1. The zero-order valence-electron chi connectivity index (χ0n) is 21.4. The van der Waals surface area contributed by atoms with Crippen molar-refractivity contribution in [3.8, 4) is 23.0 Å². The first kappa shape index (κ1) is 26.3. The smallest absolute Gasteiger partial charge is 0.335 e. The number of benzene rings is 2. The first-order chi connectivity index (χ1) is 16.8. The second-order valence-corrected chi connectivity index (χ2v) is 8.46. The summed E-state index contributed by atoms with van der Waals surface area (Å²) in [5, 5.41) is 0. The van der Waals surface area contributed by atoms with Gasteiger partial charge in [0, 0.05) is 18.6 Å². The minimum Gasteiger partial charge on any atom is -0.491 e. The van der Waals surface area contributed by atoms with Crippen LogP contribution in [0.2, 0.25) is 0 Å². The van der Waals surface area contributed by atoms with E-state index in [1.54, 1.807) is 0 Å². The van der Waals surface area contributed by atoms with Crippen molar-refractivity contribution in [3.05, 3.63) is 65.0 Å². The molecule has 0 bridgehead atoms. The van der Waals surface area contributed by atoms with Gasteiger partial charge in [0.05, 0.1) is 13.2 Å². The SMILES string of the molecule is CCO[C@@H](Cc1ccc(OCc2nc(-c3ccc(OC(C)C)cc3)oc2C)cc1CC)C(=O)OC. The first-order valence-electron chi connectivity index (χ1n) is 12.0. The highest BCUT2D eigenvalue weighted by atomic mass is 16.6. The number of oxazole rings is 1. The molecule has 35 heavy (non-hydrogen) atoms. The summed E-state index contributed by atoms with van der Waals surface area (Å²) >= 11 is 0. The van der Waals surface area contributed by atoms with Gasteiger partial charge in [0.15, 0.2) is 6.10 Å². The standard InChI is InChI=1S/C28H35NO6/c1-7-20-15-24(14-11-22(20)16-26(32-8-2)28(30)31-6)33-17-25-19(5)35-27(29-25)21-9-12-23(13-10-21)34-18(3)4/h9-15,18,26H,7-8,16-17H2,1-6H3/t26-/m0/s1. The molecule has 188 valence electrons. The van der Waals surface area contributed by atoms with E-state index in [-0.39, 0.29) is 18.7 Å². The van der Waals surface area contributed by atoms with Crippen molar-refractivity contribution < 1.29 is 28.2 Å². The molecule has 0 aliphatic carbocycles. The quantitative estimate of drug-likeness (QED) is 0.307. The van der Waals surface area contributed by atoms with Crippen molar-refractivity contribution in [2.45, 2.75) is 66.3 Å². The van der Waals surface area contributed by atoms with Crippen molar-refractivity contribution in [3.63, 3.8) is 0 Å². The number of rotatable bonds is 12. The number of carbonyl (C=O) groups excluding carboxylic acids is 1. The highest BCUT2D eigenvalue weighted by molar-refractivity contribution is 5.75.